The maximum atomic E-state index is 10.1. The maximum absolute atomic E-state index is 10.1. The molecule has 2 N–H and O–H groups in total. The second kappa shape index (κ2) is 6.09. The van der Waals surface area contributed by atoms with E-state index in [9.17, 15) is 13.0 Å². The zero-order valence-corrected chi connectivity index (χ0v) is 11.0. The zero-order chi connectivity index (χ0) is 9.03. The molecule has 0 saturated heterocycles. The molecule has 0 radical (unpaired) electrons. The molecule has 13 heavy (non-hydrogen) atoms. The first-order valence-corrected chi connectivity index (χ1v) is 4.52. The van der Waals surface area contributed by atoms with Crippen molar-refractivity contribution in [3.8, 4) is 0 Å². The van der Waals surface area contributed by atoms with Gasteiger partial charge in [-0.3, -0.25) is 0 Å². The Balaban J connectivity index is 0.00000144. The van der Waals surface area contributed by atoms with Crippen LogP contribution in [-0.4, -0.2) is 13.0 Å². The summed E-state index contributed by atoms with van der Waals surface area (Å²) in [4.78, 5) is 1.60. The van der Waals surface area contributed by atoms with Crippen LogP contribution in [-0.2, 0) is 10.3 Å². The van der Waals surface area contributed by atoms with Crippen LogP contribution in [0.25, 0.3) is 0 Å². The minimum Gasteiger partial charge on any atom is -0.734 e. The Morgan fingerprint density at radius 3 is 2.15 bits per heavy atom. The molecule has 0 saturated carbocycles. The molecule has 7 heteroatoms. The van der Waals surface area contributed by atoms with Gasteiger partial charge in [0, 0.05) is 5.69 Å². The van der Waals surface area contributed by atoms with E-state index in [1.165, 1.54) is 0 Å². The van der Waals surface area contributed by atoms with E-state index in [1.807, 2.05) is 0 Å². The molecule has 0 aromatic heterocycles. The van der Waals surface area contributed by atoms with Crippen molar-refractivity contribution in [2.24, 2.45) is 0 Å². The molecule has 66 valence electrons. The van der Waals surface area contributed by atoms with Gasteiger partial charge in [0.1, 0.15) is 0 Å². The number of hydrogen-bond donors (Lipinski definition) is 2. The van der Waals surface area contributed by atoms with Crippen LogP contribution in [0.1, 0.15) is 0 Å². The van der Waals surface area contributed by atoms with Crippen molar-refractivity contribution in [2.75, 3.05) is 5.43 Å². The third-order valence-electron chi connectivity index (χ3n) is 1.09. The summed E-state index contributed by atoms with van der Waals surface area (Å²) in [5.74, 6) is 0. The summed E-state index contributed by atoms with van der Waals surface area (Å²) in [6, 6.07) is 8.44. The summed E-state index contributed by atoms with van der Waals surface area (Å²) in [6.07, 6.45) is 0. The van der Waals surface area contributed by atoms with E-state index in [-0.39, 0.29) is 51.4 Å². The van der Waals surface area contributed by atoms with Crippen molar-refractivity contribution < 1.29 is 64.4 Å². The minimum atomic E-state index is -4.43. The summed E-state index contributed by atoms with van der Waals surface area (Å²) in [5, 5.41) is 0. The summed E-state index contributed by atoms with van der Waals surface area (Å²) in [7, 11) is -4.43. The van der Waals surface area contributed by atoms with Crippen molar-refractivity contribution >= 4 is 16.0 Å². The number of anilines is 1. The van der Waals surface area contributed by atoms with Crippen LogP contribution in [0.3, 0.4) is 0 Å². The second-order valence-electron chi connectivity index (χ2n) is 2.05. The molecule has 1 rings (SSSR count). The third kappa shape index (κ3) is 6.58. The largest absolute Gasteiger partial charge is 1.00 e. The summed E-state index contributed by atoms with van der Waals surface area (Å²) in [6.45, 7) is 0. The smallest absolute Gasteiger partial charge is 0.734 e. The van der Waals surface area contributed by atoms with E-state index >= 15 is 0 Å². The molecule has 1 aromatic rings. The number of hydrazine groups is 1. The Bertz CT molecular complexity index is 340. The van der Waals surface area contributed by atoms with Gasteiger partial charge in [-0.1, -0.05) is 18.2 Å². The molecule has 1 aromatic carbocycles. The van der Waals surface area contributed by atoms with Crippen molar-refractivity contribution in [3.63, 3.8) is 0 Å². The SMILES string of the molecule is O=S(=O)([O-])NNc1ccccc1.[K+]. The maximum Gasteiger partial charge on any atom is 1.00 e. The van der Waals surface area contributed by atoms with Crippen molar-refractivity contribution in [3.05, 3.63) is 30.3 Å². The number of rotatable bonds is 3. The van der Waals surface area contributed by atoms with Crippen LogP contribution in [0.5, 0.6) is 0 Å². The first kappa shape index (κ1) is 13.5. The fourth-order valence-electron chi connectivity index (χ4n) is 0.643. The molecule has 5 nitrogen and oxygen atoms in total. The molecule has 0 unspecified atom stereocenters. The molecule has 0 aliphatic carbocycles. The zero-order valence-electron chi connectivity index (χ0n) is 7.02. The molecule has 0 atom stereocenters. The Labute approximate surface area is 119 Å². The van der Waals surface area contributed by atoms with Gasteiger partial charge < -0.3 is 9.98 Å². The van der Waals surface area contributed by atoms with Gasteiger partial charge in [-0.15, -0.1) is 4.83 Å². The second-order valence-corrected chi connectivity index (χ2v) is 3.16. The van der Waals surface area contributed by atoms with Gasteiger partial charge in [0.2, 0.25) is 0 Å². The first-order chi connectivity index (χ1) is 5.58. The van der Waals surface area contributed by atoms with Crippen LogP contribution >= 0.6 is 0 Å². The summed E-state index contributed by atoms with van der Waals surface area (Å²) in [5.41, 5.74) is 2.75. The van der Waals surface area contributed by atoms with Crippen LogP contribution in [0, 0.1) is 0 Å². The topological polar surface area (TPSA) is 81.3 Å². The van der Waals surface area contributed by atoms with Crippen molar-refractivity contribution in [2.45, 2.75) is 0 Å². The van der Waals surface area contributed by atoms with E-state index in [4.69, 9.17) is 0 Å². The Morgan fingerprint density at radius 1 is 1.15 bits per heavy atom. The van der Waals surface area contributed by atoms with E-state index in [1.54, 1.807) is 35.2 Å². The fraction of sp³-hybridized carbons (Fsp3) is 0. The molecule has 0 amide bonds. The van der Waals surface area contributed by atoms with Gasteiger partial charge in [-0.25, -0.2) is 8.42 Å². The first-order valence-electron chi connectivity index (χ1n) is 3.11. The molecular formula is C6H7KN2O3S. The average Bonchev–Trinajstić information content (AvgIpc) is 2.02. The molecule has 0 heterocycles. The van der Waals surface area contributed by atoms with E-state index in [0.717, 1.165) is 0 Å². The molecule has 0 aliphatic heterocycles. The number of hydrogen-bond acceptors (Lipinski definition) is 4. The molecule has 0 fully saturated rings. The van der Waals surface area contributed by atoms with Crippen LogP contribution in [0.4, 0.5) is 5.69 Å². The van der Waals surface area contributed by atoms with Gasteiger partial charge in [-0.2, -0.15) is 0 Å². The van der Waals surface area contributed by atoms with Crippen molar-refractivity contribution in [1.29, 1.82) is 0 Å². The molecule has 0 aliphatic rings. The van der Waals surface area contributed by atoms with Gasteiger partial charge in [0.15, 0.2) is 10.3 Å². The van der Waals surface area contributed by atoms with Gasteiger partial charge in [0.05, 0.1) is 0 Å². The van der Waals surface area contributed by atoms with Gasteiger partial charge >= 0.3 is 51.4 Å². The summed E-state index contributed by atoms with van der Waals surface area (Å²) < 4.78 is 30.2. The van der Waals surface area contributed by atoms with Gasteiger partial charge in [-0.05, 0) is 12.1 Å². The third-order valence-corrected chi connectivity index (χ3v) is 1.45. The monoisotopic (exact) mass is 226 g/mol. The predicted octanol–water partition coefficient (Wildman–Crippen LogP) is -2.93. The Hall–Kier alpha value is 0.526. The van der Waals surface area contributed by atoms with Gasteiger partial charge in [0.25, 0.3) is 0 Å². The molecule has 0 bridgehead atoms. The van der Waals surface area contributed by atoms with Crippen LogP contribution in [0.2, 0.25) is 0 Å². The molecular weight excluding hydrogens is 219 g/mol. The Morgan fingerprint density at radius 2 is 1.69 bits per heavy atom. The van der Waals surface area contributed by atoms with Crippen LogP contribution in [0.15, 0.2) is 30.3 Å². The van der Waals surface area contributed by atoms with E-state index in [0.29, 0.717) is 5.69 Å². The fourth-order valence-corrected chi connectivity index (χ4v) is 0.886. The Kier molecular flexibility index (Phi) is 6.34. The predicted molar refractivity (Wildman–Crippen MR) is 42.9 cm³/mol. The van der Waals surface area contributed by atoms with Crippen molar-refractivity contribution in [1.82, 2.24) is 4.83 Å². The van der Waals surface area contributed by atoms with E-state index < -0.39 is 10.3 Å². The normalized spacial score (nSPS) is 10.2. The van der Waals surface area contributed by atoms with E-state index in [2.05, 4.69) is 5.43 Å². The number of benzene rings is 1. The standard InChI is InChI=1S/C6H8N2O3S.K/c9-12(10,11)8-7-6-4-2-1-3-5-6;/h1-5,7-8H,(H,9,10,11);/q;+1/p-1. The quantitative estimate of drug-likeness (QED) is 0.328. The minimum absolute atomic E-state index is 0. The van der Waals surface area contributed by atoms with Crippen LogP contribution < -0.4 is 61.6 Å². The summed E-state index contributed by atoms with van der Waals surface area (Å²) >= 11 is 0. The number of para-hydroxylation sites is 1. The number of nitrogens with one attached hydrogen (secondary N) is 2. The average molecular weight is 226 g/mol. The molecule has 0 spiro atoms.